The number of tetrazole rings is 1. The molecule has 0 fully saturated rings. The molecule has 2 aromatic heterocycles. The van der Waals surface area contributed by atoms with Crippen LogP contribution in [0, 0.1) is 0 Å². The number of hydrogen-bond donors (Lipinski definition) is 2. The molecule has 7 nitrogen and oxygen atoms in total. The molecular weight excluding hydrogens is 278 g/mol. The second kappa shape index (κ2) is 5.62. The van der Waals surface area contributed by atoms with Gasteiger partial charge in [0.1, 0.15) is 11.0 Å². The van der Waals surface area contributed by atoms with Gasteiger partial charge in [-0.2, -0.15) is 5.21 Å². The highest BCUT2D eigenvalue weighted by molar-refractivity contribution is 6.29. The molecule has 0 aliphatic heterocycles. The number of benzene rings is 1. The largest absolute Gasteiger partial charge is 0.362 e. The van der Waals surface area contributed by atoms with E-state index in [1.165, 1.54) is 0 Å². The Balaban J connectivity index is 1.83. The number of rotatable bonds is 4. The van der Waals surface area contributed by atoms with Crippen molar-refractivity contribution in [1.29, 1.82) is 0 Å². The van der Waals surface area contributed by atoms with Gasteiger partial charge in [0.2, 0.25) is 0 Å². The number of nitrogens with zero attached hydrogens (tertiary/aromatic N) is 5. The van der Waals surface area contributed by atoms with E-state index in [4.69, 9.17) is 11.6 Å². The fourth-order valence-electron chi connectivity index (χ4n) is 1.65. The lowest BCUT2D eigenvalue weighted by atomic mass is 10.2. The van der Waals surface area contributed by atoms with Gasteiger partial charge in [0, 0.05) is 11.6 Å². The minimum Gasteiger partial charge on any atom is -0.362 e. The standard InChI is InChI=1S/C12H10ClN7/c13-9-6-10(14-7-11-17-19-20-18-11)16-12(15-9)8-4-2-1-3-5-8/h1-6H,7H2,(H,14,15,16)(H,17,18,19,20). The number of nitrogens with one attached hydrogen (secondary N) is 2. The SMILES string of the molecule is Clc1cc(NCc2nn[nH]n2)nc(-c2ccccc2)n1. The predicted octanol–water partition coefficient (Wildman–Crippen LogP) is 1.92. The molecule has 8 heteroatoms. The molecule has 0 aliphatic carbocycles. The van der Waals surface area contributed by atoms with Gasteiger partial charge in [-0.05, 0) is 0 Å². The van der Waals surface area contributed by atoms with Crippen LogP contribution in [0.15, 0.2) is 36.4 Å². The van der Waals surface area contributed by atoms with Crippen LogP contribution in [-0.2, 0) is 6.54 Å². The molecule has 2 heterocycles. The smallest absolute Gasteiger partial charge is 0.193 e. The van der Waals surface area contributed by atoms with Crippen LogP contribution < -0.4 is 5.32 Å². The van der Waals surface area contributed by atoms with E-state index in [0.29, 0.717) is 29.2 Å². The van der Waals surface area contributed by atoms with E-state index in [1.54, 1.807) is 6.07 Å². The number of anilines is 1. The molecule has 0 amide bonds. The number of aromatic amines is 1. The van der Waals surface area contributed by atoms with Gasteiger partial charge in [-0.15, -0.1) is 10.2 Å². The molecule has 20 heavy (non-hydrogen) atoms. The minimum absolute atomic E-state index is 0.370. The molecule has 0 radical (unpaired) electrons. The summed E-state index contributed by atoms with van der Waals surface area (Å²) >= 11 is 6.02. The Morgan fingerprint density at radius 1 is 1.15 bits per heavy atom. The number of aromatic nitrogens is 6. The monoisotopic (exact) mass is 287 g/mol. The lowest BCUT2D eigenvalue weighted by Gasteiger charge is -2.06. The maximum atomic E-state index is 6.02. The van der Waals surface area contributed by atoms with Gasteiger partial charge in [-0.1, -0.05) is 47.1 Å². The number of H-pyrrole nitrogens is 1. The van der Waals surface area contributed by atoms with Crippen molar-refractivity contribution in [2.24, 2.45) is 0 Å². The first-order valence-electron chi connectivity index (χ1n) is 5.87. The first kappa shape index (κ1) is 12.5. The Morgan fingerprint density at radius 2 is 2.00 bits per heavy atom. The summed E-state index contributed by atoms with van der Waals surface area (Å²) < 4.78 is 0. The van der Waals surface area contributed by atoms with Crippen LogP contribution in [0.5, 0.6) is 0 Å². The van der Waals surface area contributed by atoms with Gasteiger partial charge in [0.15, 0.2) is 11.6 Å². The minimum atomic E-state index is 0.370. The lowest BCUT2D eigenvalue weighted by Crippen LogP contribution is -2.04. The molecule has 0 bridgehead atoms. The maximum absolute atomic E-state index is 6.02. The van der Waals surface area contributed by atoms with E-state index in [1.807, 2.05) is 30.3 Å². The van der Waals surface area contributed by atoms with E-state index in [9.17, 15) is 0 Å². The van der Waals surface area contributed by atoms with Crippen LogP contribution in [0.25, 0.3) is 11.4 Å². The summed E-state index contributed by atoms with van der Waals surface area (Å²) in [6.45, 7) is 0.401. The molecule has 0 saturated carbocycles. The van der Waals surface area contributed by atoms with Crippen molar-refractivity contribution in [1.82, 2.24) is 30.6 Å². The third kappa shape index (κ3) is 2.89. The molecule has 100 valence electrons. The van der Waals surface area contributed by atoms with Crippen molar-refractivity contribution >= 4 is 17.4 Å². The number of halogens is 1. The molecule has 1 aromatic carbocycles. The highest BCUT2D eigenvalue weighted by Crippen LogP contribution is 2.20. The van der Waals surface area contributed by atoms with Crippen molar-refractivity contribution < 1.29 is 0 Å². The maximum Gasteiger partial charge on any atom is 0.193 e. The van der Waals surface area contributed by atoms with E-state index in [-0.39, 0.29) is 0 Å². The van der Waals surface area contributed by atoms with Gasteiger partial charge in [-0.3, -0.25) is 0 Å². The third-order valence-corrected chi connectivity index (χ3v) is 2.74. The van der Waals surface area contributed by atoms with Crippen molar-refractivity contribution in [3.05, 3.63) is 47.4 Å². The predicted molar refractivity (Wildman–Crippen MR) is 74.0 cm³/mol. The van der Waals surface area contributed by atoms with Gasteiger partial charge >= 0.3 is 0 Å². The molecule has 0 aliphatic rings. The highest BCUT2D eigenvalue weighted by atomic mass is 35.5. The first-order valence-corrected chi connectivity index (χ1v) is 6.25. The zero-order valence-electron chi connectivity index (χ0n) is 10.3. The van der Waals surface area contributed by atoms with Crippen molar-refractivity contribution in [3.63, 3.8) is 0 Å². The van der Waals surface area contributed by atoms with Crippen molar-refractivity contribution in [2.75, 3.05) is 5.32 Å². The molecule has 0 atom stereocenters. The van der Waals surface area contributed by atoms with Crippen LogP contribution in [0.1, 0.15) is 5.82 Å². The Bertz CT molecular complexity index is 684. The normalized spacial score (nSPS) is 10.4. The average molecular weight is 288 g/mol. The quantitative estimate of drug-likeness (QED) is 0.712. The Labute approximate surface area is 119 Å². The third-order valence-electron chi connectivity index (χ3n) is 2.54. The molecule has 0 spiro atoms. The van der Waals surface area contributed by atoms with E-state index in [0.717, 1.165) is 5.56 Å². The lowest BCUT2D eigenvalue weighted by molar-refractivity contribution is 0.881. The van der Waals surface area contributed by atoms with Gasteiger partial charge in [-0.25, -0.2) is 9.97 Å². The summed E-state index contributed by atoms with van der Waals surface area (Å²) in [5.74, 6) is 1.71. The van der Waals surface area contributed by atoms with Gasteiger partial charge in [0.25, 0.3) is 0 Å². The van der Waals surface area contributed by atoms with E-state index in [2.05, 4.69) is 35.9 Å². The first-order chi connectivity index (χ1) is 9.81. The van der Waals surface area contributed by atoms with E-state index >= 15 is 0 Å². The zero-order chi connectivity index (χ0) is 13.8. The summed E-state index contributed by atoms with van der Waals surface area (Å²) in [5, 5.41) is 17.0. The Morgan fingerprint density at radius 3 is 2.75 bits per heavy atom. The van der Waals surface area contributed by atoms with E-state index < -0.39 is 0 Å². The fraction of sp³-hybridized carbons (Fsp3) is 0.0833. The van der Waals surface area contributed by atoms with Crippen molar-refractivity contribution in [2.45, 2.75) is 6.54 Å². The Hall–Kier alpha value is -2.54. The van der Waals surface area contributed by atoms with Crippen LogP contribution in [-0.4, -0.2) is 30.6 Å². The molecular formula is C12H10ClN7. The zero-order valence-corrected chi connectivity index (χ0v) is 11.0. The molecule has 0 saturated heterocycles. The average Bonchev–Trinajstić information content (AvgIpc) is 2.99. The van der Waals surface area contributed by atoms with Gasteiger partial charge in [0.05, 0.1) is 6.54 Å². The van der Waals surface area contributed by atoms with Crippen molar-refractivity contribution in [3.8, 4) is 11.4 Å². The van der Waals surface area contributed by atoms with Crippen LogP contribution in [0.2, 0.25) is 5.15 Å². The molecule has 3 aromatic rings. The summed E-state index contributed by atoms with van der Waals surface area (Å²) in [4.78, 5) is 8.62. The van der Waals surface area contributed by atoms with Gasteiger partial charge < -0.3 is 5.32 Å². The second-order valence-corrected chi connectivity index (χ2v) is 4.33. The summed E-state index contributed by atoms with van der Waals surface area (Å²) in [6.07, 6.45) is 0. The van der Waals surface area contributed by atoms with Crippen LogP contribution in [0.3, 0.4) is 0 Å². The molecule has 0 unspecified atom stereocenters. The topological polar surface area (TPSA) is 92.3 Å². The van der Waals surface area contributed by atoms with Crippen LogP contribution in [0.4, 0.5) is 5.82 Å². The molecule has 2 N–H and O–H groups in total. The fourth-order valence-corrected chi connectivity index (χ4v) is 1.83. The summed E-state index contributed by atoms with van der Waals surface area (Å²) in [7, 11) is 0. The highest BCUT2D eigenvalue weighted by Gasteiger charge is 2.06. The molecule has 3 rings (SSSR count). The summed E-state index contributed by atoms with van der Waals surface area (Å²) in [6, 6.07) is 11.3. The second-order valence-electron chi connectivity index (χ2n) is 3.95. The Kier molecular flexibility index (Phi) is 3.51. The summed E-state index contributed by atoms with van der Waals surface area (Å²) in [5.41, 5.74) is 0.901. The van der Waals surface area contributed by atoms with Crippen LogP contribution >= 0.6 is 11.6 Å². The number of hydrogen-bond acceptors (Lipinski definition) is 6.